The zero-order valence-corrected chi connectivity index (χ0v) is 15.0. The van der Waals surface area contributed by atoms with E-state index in [9.17, 15) is 0 Å². The Kier molecular flexibility index (Phi) is 6.55. The van der Waals surface area contributed by atoms with Crippen molar-refractivity contribution in [2.24, 2.45) is 11.8 Å². The molecule has 0 spiro atoms. The number of likely N-dealkylation sites (N-methyl/N-ethyl adjacent to an activating group) is 1. The highest BCUT2D eigenvalue weighted by Gasteiger charge is 2.45. The first-order chi connectivity index (χ1) is 10.1. The summed E-state index contributed by atoms with van der Waals surface area (Å²) >= 11 is 0. The second-order valence-electron chi connectivity index (χ2n) is 8.01. The molecule has 1 atom stereocenters. The number of hydrogen-bond donors (Lipinski definition) is 1. The van der Waals surface area contributed by atoms with Crippen LogP contribution in [0.25, 0.3) is 0 Å². The van der Waals surface area contributed by atoms with Gasteiger partial charge in [-0.2, -0.15) is 0 Å². The second-order valence-corrected chi connectivity index (χ2v) is 8.01. The van der Waals surface area contributed by atoms with Crippen LogP contribution in [-0.2, 0) is 0 Å². The fraction of sp³-hybridized carbons (Fsp3) is 1.00. The van der Waals surface area contributed by atoms with Gasteiger partial charge in [-0.25, -0.2) is 0 Å². The first kappa shape index (κ1) is 17.3. The van der Waals surface area contributed by atoms with Gasteiger partial charge in [0.15, 0.2) is 0 Å². The van der Waals surface area contributed by atoms with E-state index in [1.54, 1.807) is 0 Å². The molecular formula is C19H38N2. The van der Waals surface area contributed by atoms with Crippen LogP contribution in [0.3, 0.4) is 0 Å². The van der Waals surface area contributed by atoms with Gasteiger partial charge in [0.25, 0.3) is 0 Å². The highest BCUT2D eigenvalue weighted by Crippen LogP contribution is 2.42. The van der Waals surface area contributed by atoms with Crippen molar-refractivity contribution in [2.75, 3.05) is 20.6 Å². The van der Waals surface area contributed by atoms with E-state index in [4.69, 9.17) is 0 Å². The van der Waals surface area contributed by atoms with Crippen molar-refractivity contribution in [1.82, 2.24) is 10.2 Å². The summed E-state index contributed by atoms with van der Waals surface area (Å²) in [4.78, 5) is 2.58. The standard InChI is InChI=1S/C19H38N2/c1-5-15-20-18(17-9-7-6-8-10-17)19(21(3)4)13-11-16(2)12-14-19/h16-18,20H,5-15H2,1-4H3. The lowest BCUT2D eigenvalue weighted by molar-refractivity contribution is 0.0135. The molecule has 2 saturated carbocycles. The fourth-order valence-electron chi connectivity index (χ4n) is 4.86. The molecule has 21 heavy (non-hydrogen) atoms. The topological polar surface area (TPSA) is 15.3 Å². The molecule has 2 heteroatoms. The molecule has 0 radical (unpaired) electrons. The molecule has 1 unspecified atom stereocenters. The zero-order chi connectivity index (χ0) is 15.3. The monoisotopic (exact) mass is 294 g/mol. The summed E-state index contributed by atoms with van der Waals surface area (Å²) in [7, 11) is 4.67. The van der Waals surface area contributed by atoms with Crippen LogP contribution in [0.1, 0.15) is 78.1 Å². The molecule has 2 aliphatic rings. The normalized spacial score (nSPS) is 33.3. The minimum Gasteiger partial charge on any atom is -0.312 e. The number of nitrogens with zero attached hydrogens (tertiary/aromatic N) is 1. The summed E-state index contributed by atoms with van der Waals surface area (Å²) in [6, 6.07) is 0.709. The molecule has 0 aromatic rings. The minimum absolute atomic E-state index is 0.406. The van der Waals surface area contributed by atoms with Crippen LogP contribution < -0.4 is 5.32 Å². The van der Waals surface area contributed by atoms with Gasteiger partial charge in [0.2, 0.25) is 0 Å². The number of hydrogen-bond acceptors (Lipinski definition) is 2. The van der Waals surface area contributed by atoms with E-state index in [1.807, 2.05) is 0 Å². The number of rotatable bonds is 6. The van der Waals surface area contributed by atoms with E-state index in [0.29, 0.717) is 11.6 Å². The van der Waals surface area contributed by atoms with Gasteiger partial charge in [0, 0.05) is 11.6 Å². The lowest BCUT2D eigenvalue weighted by atomic mass is 9.66. The van der Waals surface area contributed by atoms with Crippen LogP contribution in [0, 0.1) is 11.8 Å². The molecule has 2 nitrogen and oxygen atoms in total. The molecule has 0 aromatic heterocycles. The van der Waals surface area contributed by atoms with Crippen LogP contribution in [0.5, 0.6) is 0 Å². The average Bonchev–Trinajstić information content (AvgIpc) is 2.50. The lowest BCUT2D eigenvalue weighted by Crippen LogP contribution is -2.63. The van der Waals surface area contributed by atoms with Crippen LogP contribution in [0.2, 0.25) is 0 Å². The van der Waals surface area contributed by atoms with Crippen molar-refractivity contribution in [3.8, 4) is 0 Å². The highest BCUT2D eigenvalue weighted by molar-refractivity contribution is 5.04. The van der Waals surface area contributed by atoms with Crippen LogP contribution in [0.15, 0.2) is 0 Å². The third-order valence-corrected chi connectivity index (χ3v) is 6.35. The summed E-state index contributed by atoms with van der Waals surface area (Å²) in [5.41, 5.74) is 0.406. The predicted molar refractivity (Wildman–Crippen MR) is 92.7 cm³/mol. The summed E-state index contributed by atoms with van der Waals surface area (Å²) in [5, 5.41) is 4.00. The third kappa shape index (κ3) is 4.01. The Labute approximate surface area is 133 Å². The zero-order valence-electron chi connectivity index (χ0n) is 15.0. The highest BCUT2D eigenvalue weighted by atomic mass is 15.2. The second kappa shape index (κ2) is 7.97. The lowest BCUT2D eigenvalue weighted by Gasteiger charge is -2.53. The molecule has 0 amide bonds. The van der Waals surface area contributed by atoms with Crippen molar-refractivity contribution >= 4 is 0 Å². The van der Waals surface area contributed by atoms with Crippen LogP contribution in [-0.4, -0.2) is 37.1 Å². The van der Waals surface area contributed by atoms with Gasteiger partial charge in [0.05, 0.1) is 0 Å². The first-order valence-corrected chi connectivity index (χ1v) is 9.51. The average molecular weight is 295 g/mol. The Morgan fingerprint density at radius 3 is 2.19 bits per heavy atom. The van der Waals surface area contributed by atoms with Gasteiger partial charge in [0.1, 0.15) is 0 Å². The SMILES string of the molecule is CCCNC(C1CCCCC1)C1(N(C)C)CCC(C)CC1. The smallest absolute Gasteiger partial charge is 0.0359 e. The molecule has 2 fully saturated rings. The van der Waals surface area contributed by atoms with Crippen molar-refractivity contribution in [3.63, 3.8) is 0 Å². The molecule has 2 aliphatic carbocycles. The van der Waals surface area contributed by atoms with Gasteiger partial charge in [-0.1, -0.05) is 33.1 Å². The Morgan fingerprint density at radius 1 is 1.05 bits per heavy atom. The minimum atomic E-state index is 0.406. The van der Waals surface area contributed by atoms with Gasteiger partial charge in [-0.3, -0.25) is 0 Å². The van der Waals surface area contributed by atoms with E-state index >= 15 is 0 Å². The maximum atomic E-state index is 4.00. The molecule has 124 valence electrons. The van der Waals surface area contributed by atoms with Crippen LogP contribution >= 0.6 is 0 Å². The van der Waals surface area contributed by atoms with Crippen molar-refractivity contribution < 1.29 is 0 Å². The fourth-order valence-corrected chi connectivity index (χ4v) is 4.86. The molecule has 0 aliphatic heterocycles. The van der Waals surface area contributed by atoms with E-state index in [2.05, 4.69) is 38.2 Å². The first-order valence-electron chi connectivity index (χ1n) is 9.51. The van der Waals surface area contributed by atoms with Gasteiger partial charge < -0.3 is 10.2 Å². The molecule has 0 saturated heterocycles. The molecule has 0 aromatic carbocycles. The van der Waals surface area contributed by atoms with Gasteiger partial charge in [-0.05, 0) is 77.4 Å². The van der Waals surface area contributed by atoms with E-state index in [-0.39, 0.29) is 0 Å². The summed E-state index contributed by atoms with van der Waals surface area (Å²) in [6.07, 6.45) is 14.1. The Bertz CT molecular complexity index is 286. The molecule has 1 N–H and O–H groups in total. The quantitative estimate of drug-likeness (QED) is 0.779. The summed E-state index contributed by atoms with van der Waals surface area (Å²) in [5.74, 6) is 1.83. The third-order valence-electron chi connectivity index (χ3n) is 6.35. The molecule has 2 rings (SSSR count). The van der Waals surface area contributed by atoms with Gasteiger partial charge >= 0.3 is 0 Å². The number of nitrogens with one attached hydrogen (secondary N) is 1. The van der Waals surface area contributed by atoms with Crippen LogP contribution in [0.4, 0.5) is 0 Å². The maximum Gasteiger partial charge on any atom is 0.0359 e. The Hall–Kier alpha value is -0.0800. The van der Waals surface area contributed by atoms with E-state index in [0.717, 1.165) is 11.8 Å². The van der Waals surface area contributed by atoms with E-state index < -0.39 is 0 Å². The Balaban J connectivity index is 2.17. The molecular weight excluding hydrogens is 256 g/mol. The van der Waals surface area contributed by atoms with Crippen molar-refractivity contribution in [3.05, 3.63) is 0 Å². The van der Waals surface area contributed by atoms with Crippen molar-refractivity contribution in [1.29, 1.82) is 0 Å². The largest absolute Gasteiger partial charge is 0.312 e. The maximum absolute atomic E-state index is 4.00. The van der Waals surface area contributed by atoms with E-state index in [1.165, 1.54) is 70.8 Å². The summed E-state index contributed by atoms with van der Waals surface area (Å²) in [6.45, 7) is 5.93. The summed E-state index contributed by atoms with van der Waals surface area (Å²) < 4.78 is 0. The predicted octanol–water partition coefficient (Wildman–Crippen LogP) is 4.45. The van der Waals surface area contributed by atoms with Gasteiger partial charge in [-0.15, -0.1) is 0 Å². The molecule has 0 bridgehead atoms. The van der Waals surface area contributed by atoms with Crippen molar-refractivity contribution in [2.45, 2.75) is 89.6 Å². The molecule has 0 heterocycles. The Morgan fingerprint density at radius 2 is 1.67 bits per heavy atom.